The molecule has 152 valence electrons. The van der Waals surface area contributed by atoms with Gasteiger partial charge in [0.25, 0.3) is 0 Å². The van der Waals surface area contributed by atoms with Gasteiger partial charge in [0.1, 0.15) is 5.69 Å². The number of nitrogens with one attached hydrogen (secondary N) is 1. The summed E-state index contributed by atoms with van der Waals surface area (Å²) in [4.78, 5) is 6.90. The standard InChI is InChI=1S/C21H23N9/c1-14-11-19-16(5-6-20(30(19)27-14)29-9-2-7-24-29)17-12-23-21(26-25-17)28-10-8-22-18(13-28)15-3-4-15/h2,5-7,9,11-12,15,18,22H,3-4,8,10,13H2,1H3/t18-/m1/s1. The van der Waals surface area contributed by atoms with Crippen molar-refractivity contribution in [2.75, 3.05) is 24.5 Å². The lowest BCUT2D eigenvalue weighted by Crippen LogP contribution is -2.52. The highest BCUT2D eigenvalue weighted by Gasteiger charge is 2.34. The maximum atomic E-state index is 4.66. The second kappa shape index (κ2) is 6.88. The molecule has 1 saturated carbocycles. The molecule has 1 N–H and O–H groups in total. The minimum absolute atomic E-state index is 0.547. The van der Waals surface area contributed by atoms with Crippen molar-refractivity contribution >= 4 is 11.5 Å². The highest BCUT2D eigenvalue weighted by atomic mass is 15.4. The van der Waals surface area contributed by atoms with Crippen LogP contribution in [-0.2, 0) is 0 Å². The Labute approximate surface area is 173 Å². The van der Waals surface area contributed by atoms with Crippen LogP contribution in [0.5, 0.6) is 0 Å². The van der Waals surface area contributed by atoms with Gasteiger partial charge in [-0.1, -0.05) is 0 Å². The highest BCUT2D eigenvalue weighted by Crippen LogP contribution is 2.34. The van der Waals surface area contributed by atoms with E-state index >= 15 is 0 Å². The molecule has 1 saturated heterocycles. The van der Waals surface area contributed by atoms with Crippen molar-refractivity contribution in [1.82, 2.24) is 39.9 Å². The van der Waals surface area contributed by atoms with E-state index in [0.717, 1.165) is 53.8 Å². The van der Waals surface area contributed by atoms with Crippen LogP contribution in [-0.4, -0.2) is 60.3 Å². The van der Waals surface area contributed by atoms with Gasteiger partial charge in [0.2, 0.25) is 5.95 Å². The van der Waals surface area contributed by atoms with E-state index < -0.39 is 0 Å². The zero-order chi connectivity index (χ0) is 20.1. The molecule has 0 radical (unpaired) electrons. The number of rotatable bonds is 4. The molecule has 0 unspecified atom stereocenters. The SMILES string of the molecule is Cc1cc2c(-c3cnc(N4CCN[C@@H](C5CC5)C4)nn3)ccc(-n3cccn3)n2n1. The minimum atomic E-state index is 0.547. The van der Waals surface area contributed by atoms with Crippen molar-refractivity contribution in [2.45, 2.75) is 25.8 Å². The minimum Gasteiger partial charge on any atom is -0.337 e. The summed E-state index contributed by atoms with van der Waals surface area (Å²) in [5.74, 6) is 2.39. The van der Waals surface area contributed by atoms with Gasteiger partial charge in [-0.2, -0.15) is 10.2 Å². The first kappa shape index (κ1) is 17.5. The molecule has 0 spiro atoms. The van der Waals surface area contributed by atoms with E-state index in [9.17, 15) is 0 Å². The molecule has 5 heterocycles. The van der Waals surface area contributed by atoms with Crippen molar-refractivity contribution < 1.29 is 0 Å². The Bertz CT molecular complexity index is 1180. The second-order valence-corrected chi connectivity index (χ2v) is 8.13. The lowest BCUT2D eigenvalue weighted by molar-refractivity contribution is 0.414. The third-order valence-corrected chi connectivity index (χ3v) is 5.97. The van der Waals surface area contributed by atoms with Crippen molar-refractivity contribution in [3.8, 4) is 17.1 Å². The fourth-order valence-corrected chi connectivity index (χ4v) is 4.29. The number of fused-ring (bicyclic) bond motifs is 1. The van der Waals surface area contributed by atoms with E-state index in [2.05, 4.69) is 41.7 Å². The maximum absolute atomic E-state index is 4.66. The van der Waals surface area contributed by atoms with Crippen molar-refractivity contribution in [3.63, 3.8) is 0 Å². The average Bonchev–Trinajstić information content (AvgIpc) is 3.34. The third kappa shape index (κ3) is 3.02. The predicted octanol–water partition coefficient (Wildman–Crippen LogP) is 1.87. The predicted molar refractivity (Wildman–Crippen MR) is 113 cm³/mol. The van der Waals surface area contributed by atoms with Gasteiger partial charge in [-0.15, -0.1) is 10.2 Å². The molecule has 6 rings (SSSR count). The first-order valence-electron chi connectivity index (χ1n) is 10.4. The number of hydrogen-bond donors (Lipinski definition) is 1. The van der Waals surface area contributed by atoms with Gasteiger partial charge in [0.05, 0.1) is 17.4 Å². The van der Waals surface area contributed by atoms with Gasteiger partial charge < -0.3 is 10.2 Å². The summed E-state index contributed by atoms with van der Waals surface area (Å²) < 4.78 is 3.70. The number of aromatic nitrogens is 7. The fourth-order valence-electron chi connectivity index (χ4n) is 4.29. The molecule has 4 aromatic heterocycles. The molecule has 30 heavy (non-hydrogen) atoms. The normalized spacial score (nSPS) is 19.5. The summed E-state index contributed by atoms with van der Waals surface area (Å²) in [6.45, 7) is 4.82. The van der Waals surface area contributed by atoms with E-state index in [1.54, 1.807) is 10.9 Å². The van der Waals surface area contributed by atoms with Gasteiger partial charge in [-0.05, 0) is 49.9 Å². The Morgan fingerprint density at radius 2 is 2.10 bits per heavy atom. The van der Waals surface area contributed by atoms with Gasteiger partial charge in [-0.25, -0.2) is 14.2 Å². The molecule has 2 aliphatic rings. The summed E-state index contributed by atoms with van der Waals surface area (Å²) in [5, 5.41) is 21.6. The molecule has 2 fully saturated rings. The summed E-state index contributed by atoms with van der Waals surface area (Å²) in [5.41, 5.74) is 3.58. The Balaban J connectivity index is 1.33. The molecule has 0 amide bonds. The molecule has 9 heteroatoms. The Morgan fingerprint density at radius 1 is 1.17 bits per heavy atom. The number of nitrogens with zero attached hydrogens (tertiary/aromatic N) is 8. The smallest absolute Gasteiger partial charge is 0.245 e. The first-order chi connectivity index (χ1) is 14.8. The van der Waals surface area contributed by atoms with Gasteiger partial charge in [0.15, 0.2) is 5.82 Å². The molecule has 0 aromatic carbocycles. The number of anilines is 1. The maximum Gasteiger partial charge on any atom is 0.245 e. The highest BCUT2D eigenvalue weighted by molar-refractivity contribution is 5.79. The van der Waals surface area contributed by atoms with Crippen LogP contribution in [0.1, 0.15) is 18.5 Å². The van der Waals surface area contributed by atoms with Crippen LogP contribution in [0.15, 0.2) is 42.9 Å². The van der Waals surface area contributed by atoms with E-state index in [1.807, 2.05) is 42.0 Å². The van der Waals surface area contributed by atoms with Crippen molar-refractivity contribution in [3.05, 3.63) is 48.5 Å². The number of piperazine rings is 1. The summed E-state index contributed by atoms with van der Waals surface area (Å²) in [7, 11) is 0. The molecular weight excluding hydrogens is 378 g/mol. The van der Waals surface area contributed by atoms with E-state index in [-0.39, 0.29) is 0 Å². The van der Waals surface area contributed by atoms with Crippen LogP contribution >= 0.6 is 0 Å². The Morgan fingerprint density at radius 3 is 2.87 bits per heavy atom. The number of aryl methyl sites for hydroxylation is 1. The Hall–Kier alpha value is -3.33. The number of hydrogen-bond acceptors (Lipinski definition) is 7. The summed E-state index contributed by atoms with van der Waals surface area (Å²) in [6.07, 6.45) is 8.15. The third-order valence-electron chi connectivity index (χ3n) is 5.97. The quantitative estimate of drug-likeness (QED) is 0.558. The summed E-state index contributed by atoms with van der Waals surface area (Å²) >= 11 is 0. The summed E-state index contributed by atoms with van der Waals surface area (Å²) in [6, 6.07) is 8.52. The van der Waals surface area contributed by atoms with Crippen LogP contribution in [0.3, 0.4) is 0 Å². The molecule has 9 nitrogen and oxygen atoms in total. The van der Waals surface area contributed by atoms with Crippen molar-refractivity contribution in [2.24, 2.45) is 5.92 Å². The topological polar surface area (TPSA) is 89.1 Å². The first-order valence-corrected chi connectivity index (χ1v) is 10.4. The number of pyridine rings is 1. The van der Waals surface area contributed by atoms with E-state index in [1.165, 1.54) is 12.8 Å². The van der Waals surface area contributed by atoms with Crippen molar-refractivity contribution in [1.29, 1.82) is 0 Å². The molecule has 1 atom stereocenters. The fraction of sp³-hybridized carbons (Fsp3) is 0.381. The van der Waals surface area contributed by atoms with Crippen LogP contribution < -0.4 is 10.2 Å². The molecule has 4 aromatic rings. The lowest BCUT2D eigenvalue weighted by atomic mass is 10.1. The van der Waals surface area contributed by atoms with E-state index in [0.29, 0.717) is 12.0 Å². The van der Waals surface area contributed by atoms with Crippen LogP contribution in [0.25, 0.3) is 22.6 Å². The zero-order valence-electron chi connectivity index (χ0n) is 16.8. The average molecular weight is 401 g/mol. The van der Waals surface area contributed by atoms with Gasteiger partial charge >= 0.3 is 0 Å². The molecular formula is C21H23N9. The monoisotopic (exact) mass is 401 g/mol. The Kier molecular flexibility index (Phi) is 4.02. The zero-order valence-corrected chi connectivity index (χ0v) is 16.8. The lowest BCUT2D eigenvalue weighted by Gasteiger charge is -2.33. The molecule has 0 bridgehead atoms. The van der Waals surface area contributed by atoms with Crippen LogP contribution in [0, 0.1) is 12.8 Å². The van der Waals surface area contributed by atoms with Crippen LogP contribution in [0.4, 0.5) is 5.95 Å². The van der Waals surface area contributed by atoms with Crippen LogP contribution in [0.2, 0.25) is 0 Å². The van der Waals surface area contributed by atoms with Gasteiger partial charge in [-0.3, -0.25) is 0 Å². The molecule has 1 aliphatic carbocycles. The van der Waals surface area contributed by atoms with E-state index in [4.69, 9.17) is 0 Å². The van der Waals surface area contributed by atoms with Gasteiger partial charge in [0, 0.05) is 43.6 Å². The largest absolute Gasteiger partial charge is 0.337 e. The second-order valence-electron chi connectivity index (χ2n) is 8.13. The molecule has 1 aliphatic heterocycles.